The molecule has 180 valence electrons. The number of benzene rings is 2. The van der Waals surface area contributed by atoms with Crippen molar-refractivity contribution in [2.24, 2.45) is 4.99 Å². The molecule has 0 atom stereocenters. The molecule has 0 heterocycles. The van der Waals surface area contributed by atoms with Gasteiger partial charge >= 0.3 is 6.09 Å². The average molecular weight is 483 g/mol. The van der Waals surface area contributed by atoms with E-state index in [-0.39, 0.29) is 11.5 Å². The summed E-state index contributed by atoms with van der Waals surface area (Å²) in [7, 11) is 0. The van der Waals surface area contributed by atoms with Crippen LogP contribution in [0.3, 0.4) is 0 Å². The van der Waals surface area contributed by atoms with E-state index in [1.54, 1.807) is 39.0 Å². The third kappa shape index (κ3) is 10.9. The van der Waals surface area contributed by atoms with E-state index in [1.807, 2.05) is 42.6 Å². The number of hydrogen-bond donors (Lipinski definition) is 2. The number of thioether (sulfide) groups is 1. The number of amidine groups is 1. The molecule has 2 N–H and O–H groups in total. The van der Waals surface area contributed by atoms with Crippen LogP contribution in [-0.4, -0.2) is 41.5 Å². The first kappa shape index (κ1) is 26.7. The number of carbonyl (C=O) groups is 2. The van der Waals surface area contributed by atoms with Gasteiger partial charge in [-0.1, -0.05) is 54.2 Å². The SMILES string of the molecule is CC(C)(C)OC(=O)NCCCN=C(NC#N)SCC(=O)c1cccc(OCc2ccccc2)c1. The molecular weight excluding hydrogens is 452 g/mol. The predicted molar refractivity (Wildman–Crippen MR) is 134 cm³/mol. The van der Waals surface area contributed by atoms with E-state index in [1.165, 1.54) is 0 Å². The highest BCUT2D eigenvalue weighted by molar-refractivity contribution is 8.14. The van der Waals surface area contributed by atoms with Gasteiger partial charge in [-0.15, -0.1) is 0 Å². The molecular formula is C25H30N4O4S. The van der Waals surface area contributed by atoms with Crippen molar-refractivity contribution in [3.8, 4) is 11.9 Å². The molecule has 0 aliphatic carbocycles. The number of nitriles is 1. The van der Waals surface area contributed by atoms with Crippen molar-refractivity contribution in [1.82, 2.24) is 10.6 Å². The first-order valence-electron chi connectivity index (χ1n) is 10.9. The Hall–Kier alpha value is -3.51. The number of nitrogens with one attached hydrogen (secondary N) is 2. The van der Waals surface area contributed by atoms with E-state index in [2.05, 4.69) is 15.6 Å². The van der Waals surface area contributed by atoms with Gasteiger partial charge in [0.15, 0.2) is 17.1 Å². The van der Waals surface area contributed by atoms with E-state index in [4.69, 9.17) is 14.7 Å². The molecule has 0 bridgehead atoms. The highest BCUT2D eigenvalue weighted by Gasteiger charge is 2.15. The first-order chi connectivity index (χ1) is 16.3. The average Bonchev–Trinajstić information content (AvgIpc) is 2.80. The molecule has 0 aliphatic rings. The van der Waals surface area contributed by atoms with Gasteiger partial charge in [-0.2, -0.15) is 5.26 Å². The van der Waals surface area contributed by atoms with Crippen molar-refractivity contribution < 1.29 is 19.1 Å². The molecule has 0 fully saturated rings. The summed E-state index contributed by atoms with van der Waals surface area (Å²) in [5, 5.41) is 14.5. The monoisotopic (exact) mass is 482 g/mol. The zero-order chi connectivity index (χ0) is 24.8. The lowest BCUT2D eigenvalue weighted by molar-refractivity contribution is 0.0527. The fourth-order valence-corrected chi connectivity index (χ4v) is 3.39. The molecule has 0 aromatic heterocycles. The third-order valence-corrected chi connectivity index (χ3v) is 5.08. The smallest absolute Gasteiger partial charge is 0.407 e. The van der Waals surface area contributed by atoms with Crippen molar-refractivity contribution in [3.05, 3.63) is 65.7 Å². The molecule has 2 aromatic carbocycles. The van der Waals surface area contributed by atoms with Crippen molar-refractivity contribution in [2.75, 3.05) is 18.8 Å². The lowest BCUT2D eigenvalue weighted by Crippen LogP contribution is -2.33. The van der Waals surface area contributed by atoms with Crippen molar-refractivity contribution >= 4 is 28.8 Å². The van der Waals surface area contributed by atoms with Crippen LogP contribution in [0.2, 0.25) is 0 Å². The summed E-state index contributed by atoms with van der Waals surface area (Å²) in [6.07, 6.45) is 1.91. The maximum Gasteiger partial charge on any atom is 0.407 e. The second-order valence-electron chi connectivity index (χ2n) is 8.22. The number of hydrogen-bond acceptors (Lipinski definition) is 7. The molecule has 0 saturated heterocycles. The second kappa shape index (κ2) is 13.9. The standard InChI is InChI=1S/C25H30N4O4S/c1-25(2,3)33-24(31)28-14-8-13-27-23(29-18-26)34-17-22(30)20-11-7-12-21(15-20)32-16-19-9-5-4-6-10-19/h4-7,9-12,15H,8,13-14,16-17H2,1-3H3,(H,27,29)(H,28,31). The summed E-state index contributed by atoms with van der Waals surface area (Å²) in [5.74, 6) is 0.627. The Labute approximate surface area is 204 Å². The van der Waals surface area contributed by atoms with Gasteiger partial charge in [0.1, 0.15) is 18.0 Å². The Morgan fingerprint density at radius 3 is 2.59 bits per heavy atom. The van der Waals surface area contributed by atoms with Crippen LogP contribution in [0.5, 0.6) is 5.75 Å². The summed E-state index contributed by atoms with van der Waals surface area (Å²) in [6, 6.07) is 16.8. The van der Waals surface area contributed by atoms with Gasteiger partial charge in [0.25, 0.3) is 0 Å². The zero-order valence-corrected chi connectivity index (χ0v) is 20.5. The minimum absolute atomic E-state index is 0.103. The van der Waals surface area contributed by atoms with Crippen molar-refractivity contribution in [2.45, 2.75) is 39.4 Å². The van der Waals surface area contributed by atoms with Gasteiger partial charge in [0.2, 0.25) is 0 Å². The Bertz CT molecular complexity index is 1010. The van der Waals surface area contributed by atoms with Crippen LogP contribution in [0, 0.1) is 11.5 Å². The highest BCUT2D eigenvalue weighted by atomic mass is 32.2. The van der Waals surface area contributed by atoms with E-state index in [0.29, 0.717) is 42.6 Å². The number of Topliss-reactive ketones (excluding diaryl/α,β-unsaturated/α-hetero) is 1. The number of ether oxygens (including phenoxy) is 2. The maximum atomic E-state index is 12.6. The number of amides is 1. The molecule has 1 amide bonds. The first-order valence-corrected chi connectivity index (χ1v) is 11.8. The van der Waals surface area contributed by atoms with Gasteiger partial charge in [-0.25, -0.2) is 4.79 Å². The second-order valence-corrected chi connectivity index (χ2v) is 9.18. The molecule has 0 spiro atoms. The highest BCUT2D eigenvalue weighted by Crippen LogP contribution is 2.17. The Kier molecular flexibility index (Phi) is 10.9. The molecule has 0 radical (unpaired) electrons. The van der Waals surface area contributed by atoms with E-state index >= 15 is 0 Å². The van der Waals surface area contributed by atoms with Crippen LogP contribution in [0.15, 0.2) is 59.6 Å². The van der Waals surface area contributed by atoms with Gasteiger partial charge in [-0.3, -0.25) is 15.1 Å². The number of rotatable bonds is 10. The summed E-state index contributed by atoms with van der Waals surface area (Å²) in [5.41, 5.74) is 1.01. The summed E-state index contributed by atoms with van der Waals surface area (Å²) in [6.45, 7) is 6.57. The number of nitrogens with zero attached hydrogens (tertiary/aromatic N) is 2. The van der Waals surface area contributed by atoms with Gasteiger partial charge < -0.3 is 14.8 Å². The minimum atomic E-state index is -0.553. The fraction of sp³-hybridized carbons (Fsp3) is 0.360. The Morgan fingerprint density at radius 1 is 1.12 bits per heavy atom. The fourth-order valence-electron chi connectivity index (χ4n) is 2.65. The van der Waals surface area contributed by atoms with E-state index in [0.717, 1.165) is 17.3 Å². The molecule has 2 aromatic rings. The summed E-state index contributed by atoms with van der Waals surface area (Å²) >= 11 is 1.15. The van der Waals surface area contributed by atoms with Gasteiger partial charge in [-0.05, 0) is 44.9 Å². The molecule has 9 heteroatoms. The van der Waals surface area contributed by atoms with Gasteiger partial charge in [0.05, 0.1) is 5.75 Å². The zero-order valence-electron chi connectivity index (χ0n) is 19.7. The summed E-state index contributed by atoms with van der Waals surface area (Å²) < 4.78 is 11.0. The lowest BCUT2D eigenvalue weighted by atomic mass is 10.1. The van der Waals surface area contributed by atoms with Crippen LogP contribution in [0.1, 0.15) is 43.1 Å². The van der Waals surface area contributed by atoms with E-state index in [9.17, 15) is 9.59 Å². The van der Waals surface area contributed by atoms with Crippen LogP contribution < -0.4 is 15.4 Å². The van der Waals surface area contributed by atoms with Crippen LogP contribution in [0.25, 0.3) is 0 Å². The minimum Gasteiger partial charge on any atom is -0.489 e. The van der Waals surface area contributed by atoms with Crippen LogP contribution in [-0.2, 0) is 11.3 Å². The van der Waals surface area contributed by atoms with Crippen molar-refractivity contribution in [1.29, 1.82) is 5.26 Å². The third-order valence-electron chi connectivity index (χ3n) is 4.17. The lowest BCUT2D eigenvalue weighted by Gasteiger charge is -2.19. The number of aliphatic imine (C=N–C) groups is 1. The number of ketones is 1. The van der Waals surface area contributed by atoms with E-state index < -0.39 is 11.7 Å². The van der Waals surface area contributed by atoms with Crippen molar-refractivity contribution in [3.63, 3.8) is 0 Å². The molecule has 0 aliphatic heterocycles. The van der Waals surface area contributed by atoms with Crippen LogP contribution in [0.4, 0.5) is 4.79 Å². The quantitative estimate of drug-likeness (QED) is 0.128. The topological polar surface area (TPSA) is 113 Å². The predicted octanol–water partition coefficient (Wildman–Crippen LogP) is 4.52. The van der Waals surface area contributed by atoms with Gasteiger partial charge in [0, 0.05) is 18.7 Å². The Balaban J connectivity index is 1.80. The largest absolute Gasteiger partial charge is 0.489 e. The number of alkyl carbamates (subject to hydrolysis) is 1. The molecule has 34 heavy (non-hydrogen) atoms. The Morgan fingerprint density at radius 2 is 1.88 bits per heavy atom. The molecule has 2 rings (SSSR count). The number of carbonyl (C=O) groups excluding carboxylic acids is 2. The summed E-state index contributed by atoms with van der Waals surface area (Å²) in [4.78, 5) is 28.6. The molecule has 0 saturated carbocycles. The normalized spacial score (nSPS) is 11.3. The maximum absolute atomic E-state index is 12.6. The van der Waals surface area contributed by atoms with Crippen LogP contribution >= 0.6 is 11.8 Å². The molecule has 8 nitrogen and oxygen atoms in total. The molecule has 0 unspecified atom stereocenters.